The maximum absolute atomic E-state index is 13.4. The second-order valence-electron chi connectivity index (χ2n) is 5.16. The third-order valence-corrected chi connectivity index (χ3v) is 3.93. The molecule has 1 aliphatic carbocycles. The zero-order valence-electron chi connectivity index (χ0n) is 10.6. The predicted molar refractivity (Wildman–Crippen MR) is 69.3 cm³/mol. The second kappa shape index (κ2) is 6.15. The van der Waals surface area contributed by atoms with Gasteiger partial charge >= 0.3 is 0 Å². The van der Waals surface area contributed by atoms with E-state index in [0.29, 0.717) is 12.6 Å². The minimum absolute atomic E-state index is 0.101. The molecule has 1 N–H and O–H groups in total. The van der Waals surface area contributed by atoms with Crippen molar-refractivity contribution in [3.8, 4) is 0 Å². The lowest BCUT2D eigenvalue weighted by Crippen LogP contribution is -2.34. The van der Waals surface area contributed by atoms with Crippen molar-refractivity contribution in [2.45, 2.75) is 51.6 Å². The Hall–Kier alpha value is -0.890. The highest BCUT2D eigenvalue weighted by Gasteiger charge is 2.19. The first-order valence-corrected chi connectivity index (χ1v) is 6.74. The molecule has 1 aromatic rings. The molecule has 17 heavy (non-hydrogen) atoms. The van der Waals surface area contributed by atoms with Crippen LogP contribution in [-0.4, -0.2) is 6.04 Å². The van der Waals surface area contributed by atoms with Crippen LogP contribution in [0.5, 0.6) is 0 Å². The third-order valence-electron chi connectivity index (χ3n) is 3.93. The summed E-state index contributed by atoms with van der Waals surface area (Å²) in [6.07, 6.45) is 6.75. The molecule has 0 spiro atoms. The van der Waals surface area contributed by atoms with Crippen molar-refractivity contribution >= 4 is 0 Å². The van der Waals surface area contributed by atoms with E-state index in [1.165, 1.54) is 38.2 Å². The molecule has 0 radical (unpaired) electrons. The summed E-state index contributed by atoms with van der Waals surface area (Å²) in [5.41, 5.74) is 0.773. The van der Waals surface area contributed by atoms with Gasteiger partial charge in [0, 0.05) is 18.2 Å². The number of rotatable bonds is 4. The summed E-state index contributed by atoms with van der Waals surface area (Å²) in [7, 11) is 0. The lowest BCUT2D eigenvalue weighted by Gasteiger charge is -2.28. The van der Waals surface area contributed by atoms with Crippen LogP contribution in [0.3, 0.4) is 0 Å². The summed E-state index contributed by atoms with van der Waals surface area (Å²) in [6.45, 7) is 2.88. The van der Waals surface area contributed by atoms with Crippen LogP contribution >= 0.6 is 0 Å². The lowest BCUT2D eigenvalue weighted by atomic mass is 9.84. The molecule has 1 fully saturated rings. The molecule has 2 rings (SSSR count). The highest BCUT2D eigenvalue weighted by molar-refractivity contribution is 5.17. The molecule has 0 aliphatic heterocycles. The van der Waals surface area contributed by atoms with Gasteiger partial charge in [-0.25, -0.2) is 4.39 Å². The smallest absolute Gasteiger partial charge is 0.127 e. The van der Waals surface area contributed by atoms with Crippen LogP contribution in [0.15, 0.2) is 24.3 Å². The summed E-state index contributed by atoms with van der Waals surface area (Å²) in [5, 5.41) is 3.47. The zero-order valence-corrected chi connectivity index (χ0v) is 10.6. The standard InChI is InChI=1S/C15H22FN/c1-12(13-7-3-2-4-8-13)17-11-14-9-5-6-10-15(14)16/h5-6,9-10,12-13,17H,2-4,7-8,11H2,1H3/t12-/m0/s1. The molecule has 0 aromatic heterocycles. The molecule has 0 unspecified atom stereocenters. The molecule has 0 heterocycles. The summed E-state index contributed by atoms with van der Waals surface area (Å²) in [4.78, 5) is 0. The fraction of sp³-hybridized carbons (Fsp3) is 0.600. The molecule has 1 atom stereocenters. The average molecular weight is 235 g/mol. The van der Waals surface area contributed by atoms with Crippen molar-refractivity contribution in [2.24, 2.45) is 5.92 Å². The van der Waals surface area contributed by atoms with Crippen molar-refractivity contribution in [2.75, 3.05) is 0 Å². The maximum atomic E-state index is 13.4. The first kappa shape index (κ1) is 12.6. The fourth-order valence-corrected chi connectivity index (χ4v) is 2.71. The number of halogens is 1. The topological polar surface area (TPSA) is 12.0 Å². The van der Waals surface area contributed by atoms with Gasteiger partial charge in [0.05, 0.1) is 0 Å². The Morgan fingerprint density at radius 2 is 1.94 bits per heavy atom. The van der Waals surface area contributed by atoms with Crippen LogP contribution in [0.1, 0.15) is 44.6 Å². The van der Waals surface area contributed by atoms with Crippen molar-refractivity contribution in [1.29, 1.82) is 0 Å². The Morgan fingerprint density at radius 3 is 2.65 bits per heavy atom. The molecule has 2 heteroatoms. The van der Waals surface area contributed by atoms with Gasteiger partial charge in [-0.05, 0) is 31.7 Å². The third kappa shape index (κ3) is 3.53. The van der Waals surface area contributed by atoms with E-state index in [1.54, 1.807) is 6.07 Å². The SMILES string of the molecule is C[C@H](NCc1ccccc1F)C1CCCCC1. The molecular formula is C15H22FN. The monoisotopic (exact) mass is 235 g/mol. The van der Waals surface area contributed by atoms with E-state index in [1.807, 2.05) is 12.1 Å². The van der Waals surface area contributed by atoms with Crippen LogP contribution in [0.2, 0.25) is 0 Å². The van der Waals surface area contributed by atoms with Gasteiger partial charge in [0.15, 0.2) is 0 Å². The van der Waals surface area contributed by atoms with Gasteiger partial charge in [-0.1, -0.05) is 37.5 Å². The number of hydrogen-bond acceptors (Lipinski definition) is 1. The Bertz CT molecular complexity index is 345. The van der Waals surface area contributed by atoms with Gasteiger partial charge < -0.3 is 5.32 Å². The lowest BCUT2D eigenvalue weighted by molar-refractivity contribution is 0.280. The number of nitrogens with one attached hydrogen (secondary N) is 1. The van der Waals surface area contributed by atoms with Crippen molar-refractivity contribution in [3.05, 3.63) is 35.6 Å². The summed E-state index contributed by atoms with van der Waals surface area (Å²) < 4.78 is 13.4. The molecule has 1 saturated carbocycles. The van der Waals surface area contributed by atoms with E-state index in [-0.39, 0.29) is 5.82 Å². The van der Waals surface area contributed by atoms with Crippen LogP contribution in [0, 0.1) is 11.7 Å². The summed E-state index contributed by atoms with van der Waals surface area (Å²) in [5.74, 6) is 0.673. The molecule has 0 amide bonds. The van der Waals surface area contributed by atoms with Gasteiger partial charge in [0.1, 0.15) is 5.82 Å². The molecule has 1 aromatic carbocycles. The van der Waals surface area contributed by atoms with Gasteiger partial charge in [-0.2, -0.15) is 0 Å². The largest absolute Gasteiger partial charge is 0.310 e. The number of benzene rings is 1. The quantitative estimate of drug-likeness (QED) is 0.835. The van der Waals surface area contributed by atoms with Crippen LogP contribution in [0.4, 0.5) is 4.39 Å². The molecule has 94 valence electrons. The highest BCUT2D eigenvalue weighted by atomic mass is 19.1. The van der Waals surface area contributed by atoms with E-state index < -0.39 is 0 Å². The molecule has 0 saturated heterocycles. The van der Waals surface area contributed by atoms with Crippen molar-refractivity contribution in [1.82, 2.24) is 5.32 Å². The van der Waals surface area contributed by atoms with Gasteiger partial charge in [-0.15, -0.1) is 0 Å². The van der Waals surface area contributed by atoms with E-state index in [0.717, 1.165) is 11.5 Å². The van der Waals surface area contributed by atoms with Gasteiger partial charge in [-0.3, -0.25) is 0 Å². The fourth-order valence-electron chi connectivity index (χ4n) is 2.71. The summed E-state index contributed by atoms with van der Waals surface area (Å²) in [6, 6.07) is 7.52. The Kier molecular flexibility index (Phi) is 4.55. The van der Waals surface area contributed by atoms with Crippen LogP contribution < -0.4 is 5.32 Å². The number of hydrogen-bond donors (Lipinski definition) is 1. The van der Waals surface area contributed by atoms with Crippen LogP contribution in [-0.2, 0) is 6.54 Å². The molecule has 1 aliphatic rings. The van der Waals surface area contributed by atoms with Gasteiger partial charge in [0.2, 0.25) is 0 Å². The van der Waals surface area contributed by atoms with E-state index in [4.69, 9.17) is 0 Å². The average Bonchev–Trinajstić information content (AvgIpc) is 2.38. The zero-order chi connectivity index (χ0) is 12.1. The molecule has 1 nitrogen and oxygen atoms in total. The van der Waals surface area contributed by atoms with E-state index in [2.05, 4.69) is 12.2 Å². The Balaban J connectivity index is 1.83. The highest BCUT2D eigenvalue weighted by Crippen LogP contribution is 2.26. The molecule has 0 bridgehead atoms. The summed E-state index contributed by atoms with van der Waals surface area (Å²) >= 11 is 0. The van der Waals surface area contributed by atoms with Gasteiger partial charge in [0.25, 0.3) is 0 Å². The Morgan fingerprint density at radius 1 is 1.24 bits per heavy atom. The maximum Gasteiger partial charge on any atom is 0.127 e. The minimum atomic E-state index is -0.101. The van der Waals surface area contributed by atoms with Crippen molar-refractivity contribution < 1.29 is 4.39 Å². The minimum Gasteiger partial charge on any atom is -0.310 e. The molecular weight excluding hydrogens is 213 g/mol. The van der Waals surface area contributed by atoms with Crippen LogP contribution in [0.25, 0.3) is 0 Å². The van der Waals surface area contributed by atoms with E-state index in [9.17, 15) is 4.39 Å². The first-order valence-electron chi connectivity index (χ1n) is 6.74. The Labute approximate surface area is 103 Å². The second-order valence-corrected chi connectivity index (χ2v) is 5.16. The van der Waals surface area contributed by atoms with Crippen molar-refractivity contribution in [3.63, 3.8) is 0 Å². The normalized spacial score (nSPS) is 19.2. The van der Waals surface area contributed by atoms with E-state index >= 15 is 0 Å². The first-order chi connectivity index (χ1) is 8.27. The predicted octanol–water partition coefficient (Wildman–Crippen LogP) is 3.88.